The van der Waals surface area contributed by atoms with Crippen LogP contribution in [0.4, 0.5) is 0 Å². The van der Waals surface area contributed by atoms with E-state index in [4.69, 9.17) is 0 Å². The Morgan fingerprint density at radius 2 is 2.30 bits per heavy atom. The number of carbonyl (C=O) groups excluding carboxylic acids is 1. The molecule has 2 aromatic rings. The number of rotatable bonds is 4. The highest BCUT2D eigenvalue weighted by Gasteiger charge is 2.11. The van der Waals surface area contributed by atoms with Gasteiger partial charge in [0.15, 0.2) is 0 Å². The Hall–Kier alpha value is -2.10. The van der Waals surface area contributed by atoms with E-state index in [-0.39, 0.29) is 5.91 Å². The SMILES string of the molecule is O=C(NCCC1=CCCCC1)c1cccc2[nH]cnc12. The lowest BCUT2D eigenvalue weighted by Crippen LogP contribution is -2.25. The zero-order valence-electron chi connectivity index (χ0n) is 11.5. The molecule has 0 saturated heterocycles. The molecule has 0 unspecified atom stereocenters. The molecule has 1 aliphatic rings. The lowest BCUT2D eigenvalue weighted by Gasteiger charge is -2.13. The third-order valence-electron chi connectivity index (χ3n) is 3.81. The molecule has 4 heteroatoms. The Kier molecular flexibility index (Phi) is 3.81. The van der Waals surface area contributed by atoms with Crippen LogP contribution in [0.3, 0.4) is 0 Å². The Labute approximate surface area is 118 Å². The van der Waals surface area contributed by atoms with Gasteiger partial charge < -0.3 is 10.3 Å². The molecule has 0 bridgehead atoms. The van der Waals surface area contributed by atoms with Crippen molar-refractivity contribution in [2.24, 2.45) is 0 Å². The van der Waals surface area contributed by atoms with Gasteiger partial charge >= 0.3 is 0 Å². The lowest BCUT2D eigenvalue weighted by atomic mass is 9.97. The van der Waals surface area contributed by atoms with Crippen molar-refractivity contribution in [3.8, 4) is 0 Å². The van der Waals surface area contributed by atoms with Crippen LogP contribution >= 0.6 is 0 Å². The van der Waals surface area contributed by atoms with Crippen molar-refractivity contribution in [3.05, 3.63) is 41.7 Å². The second kappa shape index (κ2) is 5.90. The zero-order chi connectivity index (χ0) is 13.8. The Morgan fingerprint density at radius 1 is 1.35 bits per heavy atom. The highest BCUT2D eigenvalue weighted by molar-refractivity contribution is 6.04. The van der Waals surface area contributed by atoms with Gasteiger partial charge in [0, 0.05) is 6.54 Å². The summed E-state index contributed by atoms with van der Waals surface area (Å²) < 4.78 is 0. The van der Waals surface area contributed by atoms with E-state index in [9.17, 15) is 4.79 Å². The van der Waals surface area contributed by atoms with Gasteiger partial charge in [0.1, 0.15) is 5.52 Å². The molecule has 1 aliphatic carbocycles. The molecule has 0 radical (unpaired) electrons. The molecular formula is C16H19N3O. The van der Waals surface area contributed by atoms with Gasteiger partial charge in [0.25, 0.3) is 5.91 Å². The van der Waals surface area contributed by atoms with Crippen molar-refractivity contribution >= 4 is 16.9 Å². The Bertz CT molecular complexity index is 642. The molecule has 0 fully saturated rings. The summed E-state index contributed by atoms with van der Waals surface area (Å²) in [5.41, 5.74) is 3.76. The number of aromatic amines is 1. The fourth-order valence-corrected chi connectivity index (χ4v) is 2.71. The quantitative estimate of drug-likeness (QED) is 0.837. The van der Waals surface area contributed by atoms with Gasteiger partial charge in [-0.1, -0.05) is 17.7 Å². The number of amides is 1. The summed E-state index contributed by atoms with van der Waals surface area (Å²) in [5.74, 6) is -0.0425. The van der Waals surface area contributed by atoms with Crippen LogP contribution in [0, 0.1) is 0 Å². The minimum Gasteiger partial charge on any atom is -0.352 e. The first-order valence-electron chi connectivity index (χ1n) is 7.23. The number of benzene rings is 1. The summed E-state index contributed by atoms with van der Waals surface area (Å²) in [6, 6.07) is 5.61. The highest BCUT2D eigenvalue weighted by Crippen LogP contribution is 2.19. The molecule has 104 valence electrons. The summed E-state index contributed by atoms with van der Waals surface area (Å²) in [4.78, 5) is 19.4. The molecule has 1 aromatic heterocycles. The molecule has 1 amide bonds. The van der Waals surface area contributed by atoms with Gasteiger partial charge in [-0.25, -0.2) is 4.98 Å². The van der Waals surface area contributed by atoms with Crippen molar-refractivity contribution < 1.29 is 4.79 Å². The number of nitrogens with one attached hydrogen (secondary N) is 2. The van der Waals surface area contributed by atoms with Gasteiger partial charge in [-0.05, 0) is 44.2 Å². The smallest absolute Gasteiger partial charge is 0.253 e. The first kappa shape index (κ1) is 12.9. The Morgan fingerprint density at radius 3 is 3.15 bits per heavy atom. The monoisotopic (exact) mass is 269 g/mol. The maximum atomic E-state index is 12.2. The third kappa shape index (κ3) is 2.74. The van der Waals surface area contributed by atoms with Gasteiger partial charge in [0.05, 0.1) is 17.4 Å². The molecule has 2 N–H and O–H groups in total. The summed E-state index contributed by atoms with van der Waals surface area (Å²) in [7, 11) is 0. The molecular weight excluding hydrogens is 250 g/mol. The Balaban J connectivity index is 1.61. The van der Waals surface area contributed by atoms with E-state index in [0.717, 1.165) is 17.5 Å². The predicted octanol–water partition coefficient (Wildman–Crippen LogP) is 3.18. The third-order valence-corrected chi connectivity index (χ3v) is 3.81. The average Bonchev–Trinajstić information content (AvgIpc) is 2.96. The minimum absolute atomic E-state index is 0.0425. The summed E-state index contributed by atoms with van der Waals surface area (Å²) in [6.45, 7) is 0.700. The van der Waals surface area contributed by atoms with E-state index in [1.807, 2.05) is 18.2 Å². The topological polar surface area (TPSA) is 57.8 Å². The van der Waals surface area contributed by atoms with Crippen LogP contribution < -0.4 is 5.32 Å². The predicted molar refractivity (Wildman–Crippen MR) is 79.6 cm³/mol. The number of fused-ring (bicyclic) bond motifs is 1. The maximum Gasteiger partial charge on any atom is 0.253 e. The summed E-state index contributed by atoms with van der Waals surface area (Å²) in [6.07, 6.45) is 9.87. The zero-order valence-corrected chi connectivity index (χ0v) is 11.5. The van der Waals surface area contributed by atoms with Gasteiger partial charge in [-0.15, -0.1) is 0 Å². The minimum atomic E-state index is -0.0425. The maximum absolute atomic E-state index is 12.2. The van der Waals surface area contributed by atoms with E-state index in [0.29, 0.717) is 12.1 Å². The fraction of sp³-hybridized carbons (Fsp3) is 0.375. The molecule has 0 aliphatic heterocycles. The second-order valence-corrected chi connectivity index (χ2v) is 5.22. The largest absolute Gasteiger partial charge is 0.352 e. The van der Waals surface area contributed by atoms with E-state index in [1.165, 1.54) is 31.3 Å². The summed E-state index contributed by atoms with van der Waals surface area (Å²) in [5, 5.41) is 2.99. The van der Waals surface area contributed by atoms with Crippen molar-refractivity contribution in [2.75, 3.05) is 6.54 Å². The number of nitrogens with zero attached hydrogens (tertiary/aromatic N) is 1. The number of carbonyl (C=O) groups is 1. The fourth-order valence-electron chi connectivity index (χ4n) is 2.71. The standard InChI is InChI=1S/C16H19N3O/c20-16(17-10-9-12-5-2-1-3-6-12)13-7-4-8-14-15(13)19-11-18-14/h4-5,7-8,11H,1-3,6,9-10H2,(H,17,20)(H,18,19). The normalized spacial score (nSPS) is 15.1. The van der Waals surface area contributed by atoms with Crippen LogP contribution in [-0.2, 0) is 0 Å². The van der Waals surface area contributed by atoms with E-state index < -0.39 is 0 Å². The van der Waals surface area contributed by atoms with Crippen molar-refractivity contribution in [2.45, 2.75) is 32.1 Å². The molecule has 1 heterocycles. The highest BCUT2D eigenvalue weighted by atomic mass is 16.1. The van der Waals surface area contributed by atoms with Crippen LogP contribution in [0.25, 0.3) is 11.0 Å². The molecule has 0 atom stereocenters. The van der Waals surface area contributed by atoms with E-state index >= 15 is 0 Å². The van der Waals surface area contributed by atoms with Crippen LogP contribution in [0.5, 0.6) is 0 Å². The first-order valence-corrected chi connectivity index (χ1v) is 7.23. The van der Waals surface area contributed by atoms with E-state index in [1.54, 1.807) is 6.33 Å². The van der Waals surface area contributed by atoms with Crippen molar-refractivity contribution in [1.29, 1.82) is 0 Å². The number of para-hydroxylation sites is 1. The lowest BCUT2D eigenvalue weighted by molar-refractivity contribution is 0.0955. The van der Waals surface area contributed by atoms with Crippen LogP contribution in [0.2, 0.25) is 0 Å². The van der Waals surface area contributed by atoms with Gasteiger partial charge in [-0.2, -0.15) is 0 Å². The van der Waals surface area contributed by atoms with Crippen molar-refractivity contribution in [3.63, 3.8) is 0 Å². The van der Waals surface area contributed by atoms with Crippen LogP contribution in [0.1, 0.15) is 42.5 Å². The van der Waals surface area contributed by atoms with Gasteiger partial charge in [-0.3, -0.25) is 4.79 Å². The average molecular weight is 269 g/mol. The van der Waals surface area contributed by atoms with Crippen LogP contribution in [-0.4, -0.2) is 22.4 Å². The number of hydrogen-bond acceptors (Lipinski definition) is 2. The molecule has 1 aromatic carbocycles. The van der Waals surface area contributed by atoms with Gasteiger partial charge in [0.2, 0.25) is 0 Å². The number of H-pyrrole nitrogens is 1. The molecule has 4 nitrogen and oxygen atoms in total. The van der Waals surface area contributed by atoms with E-state index in [2.05, 4.69) is 21.4 Å². The molecule has 0 saturated carbocycles. The molecule has 3 rings (SSSR count). The molecule has 0 spiro atoms. The van der Waals surface area contributed by atoms with Crippen LogP contribution in [0.15, 0.2) is 36.2 Å². The van der Waals surface area contributed by atoms with Crippen molar-refractivity contribution in [1.82, 2.24) is 15.3 Å². The second-order valence-electron chi connectivity index (χ2n) is 5.22. The molecule has 20 heavy (non-hydrogen) atoms. The first-order chi connectivity index (χ1) is 9.84. The number of allylic oxidation sites excluding steroid dienone is 1. The number of aromatic nitrogens is 2. The number of imidazole rings is 1. The number of hydrogen-bond donors (Lipinski definition) is 2. The summed E-state index contributed by atoms with van der Waals surface area (Å²) >= 11 is 0.